The molecule has 1 nitrogen and oxygen atoms in total. The molecule has 0 amide bonds. The molecule has 0 radical (unpaired) electrons. The van der Waals surface area contributed by atoms with Crippen LogP contribution >= 0.6 is 11.8 Å². The van der Waals surface area contributed by atoms with Gasteiger partial charge in [0.1, 0.15) is 5.78 Å². The van der Waals surface area contributed by atoms with Crippen LogP contribution in [0.5, 0.6) is 0 Å². The highest BCUT2D eigenvalue weighted by atomic mass is 32.2. The highest BCUT2D eigenvalue weighted by Crippen LogP contribution is 2.33. The maximum Gasteiger partial charge on any atom is 0.135 e. The number of carbonyl (C=O) groups excluding carboxylic acids is 1. The Labute approximate surface area is 105 Å². The maximum absolute atomic E-state index is 11.8. The summed E-state index contributed by atoms with van der Waals surface area (Å²) < 4.78 is 0. The fourth-order valence-electron chi connectivity index (χ4n) is 2.61. The van der Waals surface area contributed by atoms with Gasteiger partial charge in [0.2, 0.25) is 0 Å². The molecule has 2 atom stereocenters. The fourth-order valence-corrected chi connectivity index (χ4v) is 3.27. The Balaban J connectivity index is 2.29. The highest BCUT2D eigenvalue weighted by molar-refractivity contribution is 7.99. The second-order valence-electron chi connectivity index (χ2n) is 5.28. The molecule has 0 aromatic carbocycles. The van der Waals surface area contributed by atoms with E-state index in [2.05, 4.69) is 20.8 Å². The van der Waals surface area contributed by atoms with Crippen LogP contribution in [-0.2, 0) is 4.79 Å². The summed E-state index contributed by atoms with van der Waals surface area (Å²) in [6.45, 7) is 6.79. The number of ketones is 1. The molecular formula is C14H26OS. The third-order valence-electron chi connectivity index (χ3n) is 3.79. The fraction of sp³-hybridized carbons (Fsp3) is 0.929. The summed E-state index contributed by atoms with van der Waals surface area (Å²) in [5, 5.41) is 0. The second kappa shape index (κ2) is 7.37. The molecule has 0 N–H and O–H groups in total. The van der Waals surface area contributed by atoms with E-state index in [0.717, 1.165) is 37.5 Å². The Kier molecular flexibility index (Phi) is 6.48. The van der Waals surface area contributed by atoms with E-state index < -0.39 is 0 Å². The largest absolute Gasteiger partial charge is 0.299 e. The third kappa shape index (κ3) is 4.48. The number of hydrogen-bond donors (Lipinski definition) is 0. The topological polar surface area (TPSA) is 17.1 Å². The van der Waals surface area contributed by atoms with E-state index >= 15 is 0 Å². The first-order valence-electron chi connectivity index (χ1n) is 6.75. The Morgan fingerprint density at radius 2 is 2.19 bits per heavy atom. The van der Waals surface area contributed by atoms with Crippen LogP contribution in [0.25, 0.3) is 0 Å². The van der Waals surface area contributed by atoms with Crippen molar-refractivity contribution in [3.8, 4) is 0 Å². The van der Waals surface area contributed by atoms with E-state index in [-0.39, 0.29) is 0 Å². The molecule has 0 bridgehead atoms. The van der Waals surface area contributed by atoms with Gasteiger partial charge in [-0.05, 0) is 49.0 Å². The Hall–Kier alpha value is 0.0200. The van der Waals surface area contributed by atoms with Crippen LogP contribution < -0.4 is 0 Å². The highest BCUT2D eigenvalue weighted by Gasteiger charge is 2.29. The van der Waals surface area contributed by atoms with Crippen LogP contribution in [-0.4, -0.2) is 17.3 Å². The monoisotopic (exact) mass is 242 g/mol. The minimum absolute atomic E-state index is 0.388. The molecule has 1 aliphatic carbocycles. The number of hydrogen-bond acceptors (Lipinski definition) is 2. The Morgan fingerprint density at radius 3 is 2.81 bits per heavy atom. The van der Waals surface area contributed by atoms with Crippen LogP contribution in [0.1, 0.15) is 52.9 Å². The SMILES string of the molecule is CCSCCCC1CC(C(C)C)CCC1=O. The van der Waals surface area contributed by atoms with Gasteiger partial charge in [-0.2, -0.15) is 11.8 Å². The molecule has 1 fully saturated rings. The van der Waals surface area contributed by atoms with Crippen LogP contribution in [0.4, 0.5) is 0 Å². The van der Waals surface area contributed by atoms with E-state index in [0.29, 0.717) is 11.7 Å². The van der Waals surface area contributed by atoms with Gasteiger partial charge in [-0.25, -0.2) is 0 Å². The van der Waals surface area contributed by atoms with Crippen molar-refractivity contribution in [1.82, 2.24) is 0 Å². The zero-order valence-corrected chi connectivity index (χ0v) is 11.8. The number of Topliss-reactive ketones (excluding diaryl/α,β-unsaturated/α-hetero) is 1. The molecule has 0 heterocycles. The summed E-state index contributed by atoms with van der Waals surface area (Å²) in [6.07, 6.45) is 5.49. The predicted octanol–water partition coefficient (Wildman–Crippen LogP) is 4.16. The summed E-state index contributed by atoms with van der Waals surface area (Å²) in [5.74, 6) is 4.90. The van der Waals surface area contributed by atoms with Gasteiger partial charge >= 0.3 is 0 Å². The first-order valence-corrected chi connectivity index (χ1v) is 7.91. The average Bonchev–Trinajstić information content (AvgIpc) is 2.26. The molecule has 16 heavy (non-hydrogen) atoms. The quantitative estimate of drug-likeness (QED) is 0.651. The van der Waals surface area contributed by atoms with Crippen molar-refractivity contribution in [3.05, 3.63) is 0 Å². The summed E-state index contributed by atoms with van der Waals surface area (Å²) in [6, 6.07) is 0. The smallest absolute Gasteiger partial charge is 0.135 e. The molecule has 2 unspecified atom stereocenters. The van der Waals surface area contributed by atoms with Crippen molar-refractivity contribution in [2.45, 2.75) is 52.9 Å². The number of thioether (sulfide) groups is 1. The molecule has 1 saturated carbocycles. The molecule has 0 aromatic heterocycles. The van der Waals surface area contributed by atoms with Gasteiger partial charge in [-0.3, -0.25) is 4.79 Å². The van der Waals surface area contributed by atoms with Gasteiger partial charge in [0.25, 0.3) is 0 Å². The van der Waals surface area contributed by atoms with Crippen LogP contribution in [0.15, 0.2) is 0 Å². The summed E-state index contributed by atoms with van der Waals surface area (Å²) >= 11 is 1.99. The first kappa shape index (κ1) is 14.1. The molecule has 0 spiro atoms. The molecule has 0 aliphatic heterocycles. The van der Waals surface area contributed by atoms with E-state index in [9.17, 15) is 4.79 Å². The second-order valence-corrected chi connectivity index (χ2v) is 6.67. The lowest BCUT2D eigenvalue weighted by atomic mass is 9.74. The van der Waals surface area contributed by atoms with Gasteiger partial charge in [-0.15, -0.1) is 0 Å². The minimum atomic E-state index is 0.388. The van der Waals surface area contributed by atoms with Crippen LogP contribution in [0, 0.1) is 17.8 Å². The van der Waals surface area contributed by atoms with Crippen molar-refractivity contribution < 1.29 is 4.79 Å². The number of rotatable bonds is 6. The van der Waals surface area contributed by atoms with Crippen LogP contribution in [0.3, 0.4) is 0 Å². The normalized spacial score (nSPS) is 26.4. The van der Waals surface area contributed by atoms with E-state index in [1.165, 1.54) is 17.9 Å². The lowest BCUT2D eigenvalue weighted by Gasteiger charge is -2.30. The lowest BCUT2D eigenvalue weighted by Crippen LogP contribution is -2.27. The van der Waals surface area contributed by atoms with Crippen LogP contribution in [0.2, 0.25) is 0 Å². The van der Waals surface area contributed by atoms with E-state index in [4.69, 9.17) is 0 Å². The van der Waals surface area contributed by atoms with Crippen molar-refractivity contribution in [2.75, 3.05) is 11.5 Å². The Bertz CT molecular complexity index is 213. The maximum atomic E-state index is 11.8. The summed E-state index contributed by atoms with van der Waals surface area (Å²) in [5.41, 5.74) is 0. The van der Waals surface area contributed by atoms with Crippen molar-refractivity contribution in [1.29, 1.82) is 0 Å². The van der Waals surface area contributed by atoms with E-state index in [1.807, 2.05) is 11.8 Å². The van der Waals surface area contributed by atoms with Gasteiger partial charge < -0.3 is 0 Å². The summed E-state index contributed by atoms with van der Waals surface area (Å²) in [7, 11) is 0. The van der Waals surface area contributed by atoms with Gasteiger partial charge in [0.15, 0.2) is 0 Å². The lowest BCUT2D eigenvalue weighted by molar-refractivity contribution is -0.126. The Morgan fingerprint density at radius 1 is 1.44 bits per heavy atom. The number of carbonyl (C=O) groups is 1. The predicted molar refractivity (Wildman–Crippen MR) is 72.9 cm³/mol. The zero-order valence-electron chi connectivity index (χ0n) is 11.0. The van der Waals surface area contributed by atoms with Crippen molar-refractivity contribution in [3.63, 3.8) is 0 Å². The molecule has 1 aliphatic rings. The molecule has 1 rings (SSSR count). The molecule has 0 aromatic rings. The standard InChI is InChI=1S/C14H26OS/c1-4-16-9-5-6-13-10-12(11(2)3)7-8-14(13)15/h11-13H,4-10H2,1-3H3. The minimum Gasteiger partial charge on any atom is -0.299 e. The van der Waals surface area contributed by atoms with Gasteiger partial charge in [-0.1, -0.05) is 20.8 Å². The average molecular weight is 242 g/mol. The molecule has 2 heteroatoms. The van der Waals surface area contributed by atoms with Crippen molar-refractivity contribution >= 4 is 17.5 Å². The first-order chi connectivity index (χ1) is 7.65. The third-order valence-corrected chi connectivity index (χ3v) is 4.78. The molecular weight excluding hydrogens is 216 g/mol. The molecule has 94 valence electrons. The zero-order chi connectivity index (χ0) is 12.0. The van der Waals surface area contributed by atoms with Crippen molar-refractivity contribution in [2.24, 2.45) is 17.8 Å². The molecule has 0 saturated heterocycles. The van der Waals surface area contributed by atoms with Gasteiger partial charge in [0.05, 0.1) is 0 Å². The summed E-state index contributed by atoms with van der Waals surface area (Å²) in [4.78, 5) is 11.8. The van der Waals surface area contributed by atoms with Gasteiger partial charge in [0, 0.05) is 12.3 Å². The van der Waals surface area contributed by atoms with E-state index in [1.54, 1.807) is 0 Å².